The van der Waals surface area contributed by atoms with E-state index < -0.39 is 5.54 Å². The minimum Gasteiger partial charge on any atom is -0.318 e. The molecule has 0 saturated carbocycles. The molecule has 15 heavy (non-hydrogen) atoms. The molecule has 0 saturated heterocycles. The summed E-state index contributed by atoms with van der Waals surface area (Å²) in [5.74, 6) is 0. The first-order chi connectivity index (χ1) is 7.21. The standard InChI is InChI=1S/C14H15N/c1-14(15,12-8-4-2-5-9-12)13-10-6-3-7-11-13/h2-11H,15H2,1H3. The molecule has 0 aliphatic heterocycles. The number of benzene rings is 2. The van der Waals surface area contributed by atoms with Crippen LogP contribution in [0.1, 0.15) is 18.1 Å². The molecule has 0 radical (unpaired) electrons. The van der Waals surface area contributed by atoms with E-state index in [1.165, 1.54) is 0 Å². The van der Waals surface area contributed by atoms with Gasteiger partial charge in [-0.1, -0.05) is 60.7 Å². The van der Waals surface area contributed by atoms with Crippen LogP contribution in [-0.2, 0) is 5.54 Å². The number of rotatable bonds is 2. The van der Waals surface area contributed by atoms with Crippen molar-refractivity contribution < 1.29 is 0 Å². The fraction of sp³-hybridized carbons (Fsp3) is 0.143. The molecule has 1 nitrogen and oxygen atoms in total. The van der Waals surface area contributed by atoms with Crippen molar-refractivity contribution in [1.82, 2.24) is 0 Å². The molecular formula is C14H15N. The summed E-state index contributed by atoms with van der Waals surface area (Å²) >= 11 is 0. The normalized spacial score (nSPS) is 11.3. The van der Waals surface area contributed by atoms with Gasteiger partial charge in [0.2, 0.25) is 0 Å². The summed E-state index contributed by atoms with van der Waals surface area (Å²) in [4.78, 5) is 0. The lowest BCUT2D eigenvalue weighted by atomic mass is 9.86. The third-order valence-corrected chi connectivity index (χ3v) is 2.75. The topological polar surface area (TPSA) is 26.0 Å². The van der Waals surface area contributed by atoms with Gasteiger partial charge in [-0.15, -0.1) is 0 Å². The zero-order chi connectivity index (χ0) is 10.7. The van der Waals surface area contributed by atoms with Gasteiger partial charge in [0.05, 0.1) is 5.54 Å². The van der Waals surface area contributed by atoms with Crippen molar-refractivity contribution in [3.05, 3.63) is 71.8 Å². The molecule has 0 unspecified atom stereocenters. The third-order valence-electron chi connectivity index (χ3n) is 2.75. The van der Waals surface area contributed by atoms with E-state index in [0.717, 1.165) is 11.1 Å². The zero-order valence-corrected chi connectivity index (χ0v) is 8.85. The smallest absolute Gasteiger partial charge is 0.0636 e. The molecule has 0 aliphatic carbocycles. The van der Waals surface area contributed by atoms with Crippen molar-refractivity contribution in [3.63, 3.8) is 0 Å². The van der Waals surface area contributed by atoms with Gasteiger partial charge in [0.1, 0.15) is 0 Å². The lowest BCUT2D eigenvalue weighted by molar-refractivity contribution is 0.603. The van der Waals surface area contributed by atoms with Crippen LogP contribution in [0.2, 0.25) is 0 Å². The Hall–Kier alpha value is -1.60. The van der Waals surface area contributed by atoms with E-state index in [-0.39, 0.29) is 0 Å². The average molecular weight is 197 g/mol. The molecular weight excluding hydrogens is 182 g/mol. The van der Waals surface area contributed by atoms with Gasteiger partial charge in [0, 0.05) is 0 Å². The van der Waals surface area contributed by atoms with Gasteiger partial charge in [-0.2, -0.15) is 0 Å². The average Bonchev–Trinajstić information content (AvgIpc) is 2.31. The predicted octanol–water partition coefficient (Wildman–Crippen LogP) is 2.91. The highest BCUT2D eigenvalue weighted by Crippen LogP contribution is 2.25. The van der Waals surface area contributed by atoms with Crippen LogP contribution in [0.4, 0.5) is 0 Å². The molecule has 2 rings (SSSR count). The molecule has 2 aromatic rings. The van der Waals surface area contributed by atoms with Crippen LogP contribution < -0.4 is 5.73 Å². The summed E-state index contributed by atoms with van der Waals surface area (Å²) in [6, 6.07) is 20.3. The van der Waals surface area contributed by atoms with Crippen LogP contribution in [-0.4, -0.2) is 0 Å². The van der Waals surface area contributed by atoms with E-state index in [1.54, 1.807) is 0 Å². The Morgan fingerprint density at radius 1 is 0.733 bits per heavy atom. The highest BCUT2D eigenvalue weighted by atomic mass is 14.7. The first-order valence-corrected chi connectivity index (χ1v) is 5.11. The molecule has 0 spiro atoms. The second kappa shape index (κ2) is 3.87. The van der Waals surface area contributed by atoms with E-state index >= 15 is 0 Å². The number of nitrogens with two attached hydrogens (primary N) is 1. The van der Waals surface area contributed by atoms with Crippen LogP contribution in [0.15, 0.2) is 60.7 Å². The second-order valence-electron chi connectivity index (χ2n) is 3.93. The van der Waals surface area contributed by atoms with E-state index in [2.05, 4.69) is 24.3 Å². The van der Waals surface area contributed by atoms with Crippen LogP contribution in [0.5, 0.6) is 0 Å². The van der Waals surface area contributed by atoms with Crippen molar-refractivity contribution >= 4 is 0 Å². The fourth-order valence-electron chi connectivity index (χ4n) is 1.74. The number of hydrogen-bond acceptors (Lipinski definition) is 1. The highest BCUT2D eigenvalue weighted by molar-refractivity contribution is 5.36. The zero-order valence-electron chi connectivity index (χ0n) is 8.85. The summed E-state index contributed by atoms with van der Waals surface area (Å²) in [7, 11) is 0. The maximum atomic E-state index is 6.36. The Morgan fingerprint density at radius 2 is 1.07 bits per heavy atom. The van der Waals surface area contributed by atoms with E-state index in [0.29, 0.717) is 0 Å². The number of hydrogen-bond donors (Lipinski definition) is 1. The Bertz CT molecular complexity index is 376. The fourth-order valence-corrected chi connectivity index (χ4v) is 1.74. The summed E-state index contributed by atoms with van der Waals surface area (Å²) in [6.07, 6.45) is 0. The van der Waals surface area contributed by atoms with Crippen LogP contribution in [0, 0.1) is 0 Å². The molecule has 0 aliphatic rings. The van der Waals surface area contributed by atoms with Crippen LogP contribution in [0.25, 0.3) is 0 Å². The van der Waals surface area contributed by atoms with Crippen molar-refractivity contribution in [1.29, 1.82) is 0 Å². The third kappa shape index (κ3) is 1.92. The minimum absolute atomic E-state index is 0.414. The molecule has 0 heterocycles. The second-order valence-corrected chi connectivity index (χ2v) is 3.93. The van der Waals surface area contributed by atoms with Crippen molar-refractivity contribution in [3.8, 4) is 0 Å². The van der Waals surface area contributed by atoms with E-state index in [9.17, 15) is 0 Å². The Labute approximate surface area is 90.6 Å². The minimum atomic E-state index is -0.414. The van der Waals surface area contributed by atoms with Crippen molar-refractivity contribution in [2.24, 2.45) is 5.73 Å². The van der Waals surface area contributed by atoms with Crippen LogP contribution in [0.3, 0.4) is 0 Å². The summed E-state index contributed by atoms with van der Waals surface area (Å²) in [5, 5.41) is 0. The monoisotopic (exact) mass is 197 g/mol. The van der Waals surface area contributed by atoms with Gasteiger partial charge in [0.15, 0.2) is 0 Å². The molecule has 2 aromatic carbocycles. The SMILES string of the molecule is CC(N)(c1ccccc1)c1ccccc1. The quantitative estimate of drug-likeness (QED) is 0.787. The van der Waals surface area contributed by atoms with Gasteiger partial charge in [-0.3, -0.25) is 0 Å². The first-order valence-electron chi connectivity index (χ1n) is 5.11. The summed E-state index contributed by atoms with van der Waals surface area (Å²) in [6.45, 7) is 2.04. The lowest BCUT2D eigenvalue weighted by Crippen LogP contribution is -2.34. The molecule has 0 atom stereocenters. The van der Waals surface area contributed by atoms with Crippen LogP contribution >= 0.6 is 0 Å². The molecule has 0 aromatic heterocycles. The largest absolute Gasteiger partial charge is 0.318 e. The summed E-state index contributed by atoms with van der Waals surface area (Å²) < 4.78 is 0. The maximum Gasteiger partial charge on any atom is 0.0636 e. The summed E-state index contributed by atoms with van der Waals surface area (Å²) in [5.41, 5.74) is 8.22. The Morgan fingerprint density at radius 3 is 1.40 bits per heavy atom. The molecule has 76 valence electrons. The van der Waals surface area contributed by atoms with Gasteiger partial charge in [-0.05, 0) is 18.1 Å². The molecule has 1 heteroatoms. The molecule has 0 fully saturated rings. The van der Waals surface area contributed by atoms with Gasteiger partial charge in [0.25, 0.3) is 0 Å². The van der Waals surface area contributed by atoms with Gasteiger partial charge >= 0.3 is 0 Å². The molecule has 0 bridgehead atoms. The van der Waals surface area contributed by atoms with E-state index in [4.69, 9.17) is 5.73 Å². The Kier molecular flexibility index (Phi) is 2.57. The molecule has 0 amide bonds. The van der Waals surface area contributed by atoms with E-state index in [1.807, 2.05) is 43.3 Å². The first kappa shape index (κ1) is 9.94. The van der Waals surface area contributed by atoms with Gasteiger partial charge < -0.3 is 5.73 Å². The predicted molar refractivity (Wildman–Crippen MR) is 63.5 cm³/mol. The van der Waals surface area contributed by atoms with Crippen molar-refractivity contribution in [2.75, 3.05) is 0 Å². The molecule has 2 N–H and O–H groups in total. The Balaban J connectivity index is 2.44. The van der Waals surface area contributed by atoms with Gasteiger partial charge in [-0.25, -0.2) is 0 Å². The maximum absolute atomic E-state index is 6.36. The lowest BCUT2D eigenvalue weighted by Gasteiger charge is -2.25. The highest BCUT2D eigenvalue weighted by Gasteiger charge is 2.22. The van der Waals surface area contributed by atoms with Crippen molar-refractivity contribution in [2.45, 2.75) is 12.5 Å².